The average Bonchev–Trinajstić information content (AvgIpc) is 2.82. The summed E-state index contributed by atoms with van der Waals surface area (Å²) in [6, 6.07) is 4.59. The van der Waals surface area contributed by atoms with Gasteiger partial charge in [0.2, 0.25) is 11.6 Å². The standard InChI is InChI=1S/C14H15F4N3O3/c15-13(12(19)23)5-6-21(8-13)7-11(22)20-9-1-3-10(4-2-9)24-14(16,17)18/h1-4H,5-8H2,(H2,19,23)(H,20,22). The van der Waals surface area contributed by atoms with Gasteiger partial charge in [-0.3, -0.25) is 14.5 Å². The summed E-state index contributed by atoms with van der Waals surface area (Å²) in [6.45, 7) is -0.237. The Balaban J connectivity index is 1.86. The summed E-state index contributed by atoms with van der Waals surface area (Å²) in [6.07, 6.45) is -4.88. The predicted molar refractivity (Wildman–Crippen MR) is 75.8 cm³/mol. The van der Waals surface area contributed by atoms with Crippen molar-refractivity contribution >= 4 is 17.5 Å². The van der Waals surface area contributed by atoms with E-state index in [-0.39, 0.29) is 31.7 Å². The number of hydrogen-bond acceptors (Lipinski definition) is 4. The third-order valence-corrected chi connectivity index (χ3v) is 3.48. The van der Waals surface area contributed by atoms with E-state index in [0.717, 1.165) is 12.1 Å². The minimum absolute atomic E-state index is 0.0842. The SMILES string of the molecule is NC(=O)C1(F)CCN(CC(=O)Nc2ccc(OC(F)(F)F)cc2)C1. The van der Waals surface area contributed by atoms with Crippen LogP contribution in [0.5, 0.6) is 5.75 Å². The Morgan fingerprint density at radius 1 is 1.29 bits per heavy atom. The number of rotatable bonds is 5. The Morgan fingerprint density at radius 2 is 1.92 bits per heavy atom. The van der Waals surface area contributed by atoms with Crippen LogP contribution in [0.25, 0.3) is 0 Å². The van der Waals surface area contributed by atoms with Crippen LogP contribution in [0.3, 0.4) is 0 Å². The van der Waals surface area contributed by atoms with E-state index in [4.69, 9.17) is 5.73 Å². The molecule has 132 valence electrons. The van der Waals surface area contributed by atoms with E-state index in [1.165, 1.54) is 17.0 Å². The van der Waals surface area contributed by atoms with Crippen molar-refractivity contribution in [3.63, 3.8) is 0 Å². The number of benzene rings is 1. The monoisotopic (exact) mass is 349 g/mol. The Labute approximate surface area is 134 Å². The van der Waals surface area contributed by atoms with Crippen molar-refractivity contribution in [2.24, 2.45) is 5.73 Å². The van der Waals surface area contributed by atoms with Crippen LogP contribution in [0.15, 0.2) is 24.3 Å². The van der Waals surface area contributed by atoms with Crippen molar-refractivity contribution < 1.29 is 31.9 Å². The summed E-state index contributed by atoms with van der Waals surface area (Å²) in [5.74, 6) is -1.97. The number of carbonyl (C=O) groups is 2. The molecular formula is C14H15F4N3O3. The second-order valence-corrected chi connectivity index (χ2v) is 5.41. The smallest absolute Gasteiger partial charge is 0.406 e. The number of hydrogen-bond donors (Lipinski definition) is 2. The quantitative estimate of drug-likeness (QED) is 0.788. The van der Waals surface area contributed by atoms with Crippen LogP contribution in [0.1, 0.15) is 6.42 Å². The van der Waals surface area contributed by atoms with Crippen LogP contribution in [0.4, 0.5) is 23.2 Å². The van der Waals surface area contributed by atoms with Crippen LogP contribution in [0, 0.1) is 0 Å². The summed E-state index contributed by atoms with van der Waals surface area (Å²) in [5, 5.41) is 2.46. The highest BCUT2D eigenvalue weighted by molar-refractivity contribution is 5.92. The lowest BCUT2D eigenvalue weighted by atomic mass is 10.1. The van der Waals surface area contributed by atoms with Gasteiger partial charge >= 0.3 is 6.36 Å². The molecule has 1 aliphatic rings. The number of anilines is 1. The van der Waals surface area contributed by atoms with Gasteiger partial charge in [-0.05, 0) is 24.3 Å². The molecule has 1 fully saturated rings. The van der Waals surface area contributed by atoms with E-state index in [9.17, 15) is 27.2 Å². The number of amides is 2. The van der Waals surface area contributed by atoms with Gasteiger partial charge in [0, 0.05) is 25.2 Å². The molecule has 0 aliphatic carbocycles. The first-order valence-electron chi connectivity index (χ1n) is 6.94. The number of nitrogens with one attached hydrogen (secondary N) is 1. The molecule has 24 heavy (non-hydrogen) atoms. The highest BCUT2D eigenvalue weighted by Crippen LogP contribution is 2.26. The summed E-state index contributed by atoms with van der Waals surface area (Å²) in [7, 11) is 0. The van der Waals surface area contributed by atoms with Crippen LogP contribution < -0.4 is 15.8 Å². The van der Waals surface area contributed by atoms with E-state index < -0.39 is 29.6 Å². The molecule has 1 aromatic carbocycles. The number of nitrogens with zero attached hydrogens (tertiary/aromatic N) is 1. The summed E-state index contributed by atoms with van der Waals surface area (Å²) >= 11 is 0. The zero-order valence-electron chi connectivity index (χ0n) is 12.4. The molecule has 0 aromatic heterocycles. The number of ether oxygens (including phenoxy) is 1. The molecule has 0 spiro atoms. The number of carbonyl (C=O) groups excluding carboxylic acids is 2. The number of nitrogens with two attached hydrogens (primary N) is 1. The molecule has 1 aromatic rings. The van der Waals surface area contributed by atoms with Crippen LogP contribution >= 0.6 is 0 Å². The topological polar surface area (TPSA) is 84.7 Å². The first kappa shape index (κ1) is 18.0. The molecule has 3 N–H and O–H groups in total. The highest BCUT2D eigenvalue weighted by atomic mass is 19.4. The van der Waals surface area contributed by atoms with Gasteiger partial charge in [0.15, 0.2) is 0 Å². The molecule has 0 radical (unpaired) electrons. The summed E-state index contributed by atoms with van der Waals surface area (Å²) in [4.78, 5) is 24.3. The molecular weight excluding hydrogens is 334 g/mol. The molecule has 1 saturated heterocycles. The molecule has 2 amide bonds. The fourth-order valence-corrected chi connectivity index (χ4v) is 2.33. The third kappa shape index (κ3) is 4.82. The molecule has 10 heteroatoms. The van der Waals surface area contributed by atoms with Gasteiger partial charge in [-0.1, -0.05) is 0 Å². The summed E-state index contributed by atoms with van der Waals surface area (Å²) < 4.78 is 53.8. The zero-order chi connectivity index (χ0) is 18.0. The minimum Gasteiger partial charge on any atom is -0.406 e. The predicted octanol–water partition coefficient (Wildman–Crippen LogP) is 1.42. The Kier molecular flexibility index (Phi) is 4.97. The molecule has 1 atom stereocenters. The van der Waals surface area contributed by atoms with E-state index in [1.807, 2.05) is 0 Å². The lowest BCUT2D eigenvalue weighted by molar-refractivity contribution is -0.274. The van der Waals surface area contributed by atoms with Crippen LogP contribution in [-0.4, -0.2) is 48.4 Å². The number of primary amides is 1. The number of alkyl halides is 4. The van der Waals surface area contributed by atoms with Gasteiger partial charge in [0.1, 0.15) is 5.75 Å². The first-order chi connectivity index (χ1) is 11.1. The van der Waals surface area contributed by atoms with E-state index >= 15 is 0 Å². The number of halogens is 4. The van der Waals surface area contributed by atoms with Crippen molar-refractivity contribution in [3.05, 3.63) is 24.3 Å². The maximum atomic E-state index is 14.0. The second-order valence-electron chi connectivity index (χ2n) is 5.41. The lowest BCUT2D eigenvalue weighted by Crippen LogP contribution is -2.43. The fourth-order valence-electron chi connectivity index (χ4n) is 2.33. The second kappa shape index (κ2) is 6.63. The van der Waals surface area contributed by atoms with Gasteiger partial charge in [0.25, 0.3) is 5.91 Å². The molecule has 1 unspecified atom stereocenters. The van der Waals surface area contributed by atoms with Crippen molar-refractivity contribution in [1.82, 2.24) is 4.90 Å². The van der Waals surface area contributed by atoms with Crippen molar-refractivity contribution in [2.45, 2.75) is 18.5 Å². The van der Waals surface area contributed by atoms with E-state index in [1.54, 1.807) is 0 Å². The largest absolute Gasteiger partial charge is 0.573 e. The van der Waals surface area contributed by atoms with Crippen LogP contribution in [0.2, 0.25) is 0 Å². The lowest BCUT2D eigenvalue weighted by Gasteiger charge is -2.17. The molecule has 1 aliphatic heterocycles. The zero-order valence-corrected chi connectivity index (χ0v) is 12.4. The van der Waals surface area contributed by atoms with Crippen molar-refractivity contribution in [1.29, 1.82) is 0 Å². The van der Waals surface area contributed by atoms with E-state index in [2.05, 4.69) is 10.1 Å². The molecule has 6 nitrogen and oxygen atoms in total. The van der Waals surface area contributed by atoms with Gasteiger partial charge in [-0.25, -0.2) is 4.39 Å². The molecule has 2 rings (SSSR count). The Bertz CT molecular complexity index is 621. The van der Waals surface area contributed by atoms with Gasteiger partial charge in [-0.15, -0.1) is 13.2 Å². The Hall–Kier alpha value is -2.36. The van der Waals surface area contributed by atoms with Gasteiger partial charge in [0.05, 0.1) is 6.54 Å². The maximum absolute atomic E-state index is 14.0. The first-order valence-corrected chi connectivity index (χ1v) is 6.94. The minimum atomic E-state index is -4.79. The fraction of sp³-hybridized carbons (Fsp3) is 0.429. The van der Waals surface area contributed by atoms with Gasteiger partial charge in [-0.2, -0.15) is 0 Å². The third-order valence-electron chi connectivity index (χ3n) is 3.48. The van der Waals surface area contributed by atoms with Crippen molar-refractivity contribution in [3.8, 4) is 5.75 Å². The molecule has 1 heterocycles. The normalized spacial score (nSPS) is 21.5. The highest BCUT2D eigenvalue weighted by Gasteiger charge is 2.44. The van der Waals surface area contributed by atoms with E-state index in [0.29, 0.717) is 0 Å². The molecule has 0 bridgehead atoms. The Morgan fingerprint density at radius 3 is 2.42 bits per heavy atom. The number of likely N-dealkylation sites (tertiary alicyclic amines) is 1. The van der Waals surface area contributed by atoms with Gasteiger partial charge < -0.3 is 15.8 Å². The van der Waals surface area contributed by atoms with Crippen LogP contribution in [-0.2, 0) is 9.59 Å². The van der Waals surface area contributed by atoms with Crippen molar-refractivity contribution in [2.75, 3.05) is 25.0 Å². The molecule has 0 saturated carbocycles. The maximum Gasteiger partial charge on any atom is 0.573 e. The summed E-state index contributed by atoms with van der Waals surface area (Å²) in [5.41, 5.74) is 3.09. The average molecular weight is 349 g/mol.